The second-order valence-electron chi connectivity index (χ2n) is 5.84. The number of halogens is 1. The average molecular weight is 371 g/mol. The van der Waals surface area contributed by atoms with E-state index in [9.17, 15) is 4.39 Å². The molecule has 1 aromatic carbocycles. The van der Waals surface area contributed by atoms with Crippen molar-refractivity contribution < 1.29 is 4.39 Å². The molecule has 0 heterocycles. The van der Waals surface area contributed by atoms with E-state index in [-0.39, 0.29) is 6.67 Å². The van der Waals surface area contributed by atoms with Gasteiger partial charge in [-0.05, 0) is 31.7 Å². The van der Waals surface area contributed by atoms with Crippen LogP contribution in [0.2, 0.25) is 0 Å². The van der Waals surface area contributed by atoms with Gasteiger partial charge in [-0.15, -0.1) is 0 Å². The van der Waals surface area contributed by atoms with Crippen molar-refractivity contribution in [3.63, 3.8) is 0 Å². The minimum absolute atomic E-state index is 0.189. The van der Waals surface area contributed by atoms with Crippen molar-refractivity contribution in [1.29, 1.82) is 0 Å². The van der Waals surface area contributed by atoms with Gasteiger partial charge in [0, 0.05) is 0 Å². The molecule has 0 unspecified atom stereocenters. The first-order valence-electron chi connectivity index (χ1n) is 11.3. The standard InChI is InChI=1S/C11H15F.C6H14.C4H10.2C2H6/c1-10-5-7-11(8-6-10)4-2-3-9-12;1-3-5-6-4-2;1-3-4-2;2*1-2/h5-8H,2-4,9H2,1H3;3-6H2,1-2H3;3-4H2,1-2H3;2*1-2H3. The number of rotatable bonds is 8. The Morgan fingerprint density at radius 2 is 1.04 bits per heavy atom. The van der Waals surface area contributed by atoms with Crippen LogP contribution in [0.4, 0.5) is 4.39 Å². The fraction of sp³-hybridized carbons (Fsp3) is 0.760. The summed E-state index contributed by atoms with van der Waals surface area (Å²) in [5.74, 6) is 0. The first-order chi connectivity index (χ1) is 12.7. The van der Waals surface area contributed by atoms with Crippen molar-refractivity contribution in [1.82, 2.24) is 0 Å². The molecule has 0 amide bonds. The monoisotopic (exact) mass is 370 g/mol. The van der Waals surface area contributed by atoms with E-state index in [1.807, 2.05) is 27.7 Å². The largest absolute Gasteiger partial charge is 0.251 e. The molecular weight excluding hydrogens is 319 g/mol. The Morgan fingerprint density at radius 1 is 0.615 bits per heavy atom. The third-order valence-corrected chi connectivity index (χ3v) is 3.43. The van der Waals surface area contributed by atoms with Gasteiger partial charge in [-0.3, -0.25) is 4.39 Å². The number of unbranched alkanes of at least 4 members (excludes halogenated alkanes) is 5. The summed E-state index contributed by atoms with van der Waals surface area (Å²) in [5, 5.41) is 0. The van der Waals surface area contributed by atoms with E-state index < -0.39 is 0 Å². The van der Waals surface area contributed by atoms with Gasteiger partial charge in [0.25, 0.3) is 0 Å². The molecule has 0 aliphatic rings. The maximum atomic E-state index is 11.8. The SMILES string of the molecule is CC.CC.CCCC.CCCCCC.Cc1ccc(CCCCF)cc1. The molecule has 0 fully saturated rings. The average Bonchev–Trinajstić information content (AvgIpc) is 2.72. The molecule has 0 atom stereocenters. The topological polar surface area (TPSA) is 0 Å². The molecular formula is C25H51F. The number of benzene rings is 1. The Hall–Kier alpha value is -0.850. The third-order valence-electron chi connectivity index (χ3n) is 3.43. The van der Waals surface area contributed by atoms with Gasteiger partial charge in [-0.25, -0.2) is 0 Å². The molecule has 0 aliphatic carbocycles. The number of hydrogen-bond donors (Lipinski definition) is 0. The van der Waals surface area contributed by atoms with Crippen LogP contribution >= 0.6 is 0 Å². The van der Waals surface area contributed by atoms with Gasteiger partial charge in [-0.2, -0.15) is 0 Å². The van der Waals surface area contributed by atoms with Crippen LogP contribution in [0, 0.1) is 6.92 Å². The zero-order valence-corrected chi connectivity index (χ0v) is 19.8. The predicted octanol–water partition coefficient (Wildman–Crippen LogP) is 9.73. The molecule has 0 aromatic heterocycles. The summed E-state index contributed by atoms with van der Waals surface area (Å²) in [6, 6.07) is 8.44. The fourth-order valence-electron chi connectivity index (χ4n) is 1.68. The van der Waals surface area contributed by atoms with Crippen molar-refractivity contribution >= 4 is 0 Å². The highest BCUT2D eigenvalue weighted by Crippen LogP contribution is 2.06. The molecule has 1 aromatic rings. The molecule has 158 valence electrons. The lowest BCUT2D eigenvalue weighted by atomic mass is 10.1. The third kappa shape index (κ3) is 34.5. The first kappa shape index (κ1) is 32.8. The normalized spacial score (nSPS) is 8.38. The summed E-state index contributed by atoms with van der Waals surface area (Å²) in [6.45, 7) is 18.7. The molecule has 1 heteroatoms. The smallest absolute Gasteiger partial charge is 0.0894 e. The number of hydrogen-bond acceptors (Lipinski definition) is 0. The minimum atomic E-state index is -0.189. The molecule has 0 nitrogen and oxygen atoms in total. The summed E-state index contributed by atoms with van der Waals surface area (Å²) in [5.41, 5.74) is 2.60. The van der Waals surface area contributed by atoms with E-state index in [1.165, 1.54) is 49.7 Å². The van der Waals surface area contributed by atoms with E-state index >= 15 is 0 Å². The molecule has 0 spiro atoms. The fourth-order valence-corrected chi connectivity index (χ4v) is 1.68. The Balaban J connectivity index is -0.000000146. The lowest BCUT2D eigenvalue weighted by Gasteiger charge is -1.99. The predicted molar refractivity (Wildman–Crippen MR) is 123 cm³/mol. The molecule has 0 bridgehead atoms. The van der Waals surface area contributed by atoms with E-state index in [1.54, 1.807) is 0 Å². The molecule has 26 heavy (non-hydrogen) atoms. The molecule has 0 radical (unpaired) electrons. The van der Waals surface area contributed by atoms with Crippen molar-refractivity contribution in [2.75, 3.05) is 6.67 Å². The van der Waals surface area contributed by atoms with Crippen LogP contribution in [0.15, 0.2) is 24.3 Å². The molecule has 0 saturated carbocycles. The highest BCUT2D eigenvalue weighted by atomic mass is 19.1. The lowest BCUT2D eigenvalue weighted by molar-refractivity contribution is 0.462. The molecule has 0 aliphatic heterocycles. The van der Waals surface area contributed by atoms with E-state index in [0.29, 0.717) is 6.42 Å². The van der Waals surface area contributed by atoms with E-state index in [0.717, 1.165) is 12.8 Å². The van der Waals surface area contributed by atoms with Gasteiger partial charge in [0.05, 0.1) is 6.67 Å². The number of alkyl halides is 1. The second kappa shape index (κ2) is 35.3. The van der Waals surface area contributed by atoms with Crippen molar-refractivity contribution in [2.45, 2.75) is 120 Å². The Labute approximate surface area is 167 Å². The molecule has 1 rings (SSSR count). The Kier molecular flexibility index (Phi) is 44.5. The van der Waals surface area contributed by atoms with Crippen molar-refractivity contribution in [3.8, 4) is 0 Å². The Morgan fingerprint density at radius 3 is 1.35 bits per heavy atom. The van der Waals surface area contributed by atoms with Crippen molar-refractivity contribution in [3.05, 3.63) is 35.4 Å². The quantitative estimate of drug-likeness (QED) is 0.399. The van der Waals surface area contributed by atoms with Gasteiger partial charge in [-0.1, -0.05) is 124 Å². The summed E-state index contributed by atoms with van der Waals surface area (Å²) in [4.78, 5) is 0. The second-order valence-corrected chi connectivity index (χ2v) is 5.84. The van der Waals surface area contributed by atoms with Crippen LogP contribution in [-0.2, 0) is 6.42 Å². The van der Waals surface area contributed by atoms with Gasteiger partial charge in [0.1, 0.15) is 0 Å². The zero-order valence-electron chi connectivity index (χ0n) is 19.8. The highest BCUT2D eigenvalue weighted by molar-refractivity contribution is 5.21. The first-order valence-corrected chi connectivity index (χ1v) is 11.3. The van der Waals surface area contributed by atoms with Crippen LogP contribution in [0.1, 0.15) is 118 Å². The van der Waals surface area contributed by atoms with Crippen LogP contribution < -0.4 is 0 Å². The van der Waals surface area contributed by atoms with Crippen LogP contribution in [0.25, 0.3) is 0 Å². The van der Waals surface area contributed by atoms with Gasteiger partial charge >= 0.3 is 0 Å². The zero-order chi connectivity index (χ0) is 21.1. The van der Waals surface area contributed by atoms with Crippen molar-refractivity contribution in [2.24, 2.45) is 0 Å². The molecule has 0 N–H and O–H groups in total. The number of aryl methyl sites for hydroxylation is 2. The van der Waals surface area contributed by atoms with E-state index in [2.05, 4.69) is 58.9 Å². The van der Waals surface area contributed by atoms with Gasteiger partial charge in [0.15, 0.2) is 0 Å². The van der Waals surface area contributed by atoms with Crippen LogP contribution in [0.3, 0.4) is 0 Å². The summed E-state index contributed by atoms with van der Waals surface area (Å²) >= 11 is 0. The van der Waals surface area contributed by atoms with Gasteiger partial charge < -0.3 is 0 Å². The molecule has 0 saturated heterocycles. The van der Waals surface area contributed by atoms with E-state index in [4.69, 9.17) is 0 Å². The highest BCUT2D eigenvalue weighted by Gasteiger charge is 1.92. The van der Waals surface area contributed by atoms with Crippen LogP contribution in [-0.4, -0.2) is 6.67 Å². The van der Waals surface area contributed by atoms with Crippen LogP contribution in [0.5, 0.6) is 0 Å². The minimum Gasteiger partial charge on any atom is -0.251 e. The maximum absolute atomic E-state index is 11.8. The lowest BCUT2D eigenvalue weighted by Crippen LogP contribution is -1.86. The van der Waals surface area contributed by atoms with Gasteiger partial charge in [0.2, 0.25) is 0 Å². The summed E-state index contributed by atoms with van der Waals surface area (Å²) < 4.78 is 11.8. The summed E-state index contributed by atoms with van der Waals surface area (Å²) in [6.07, 6.45) is 10.8. The Bertz CT molecular complexity index is 284. The summed E-state index contributed by atoms with van der Waals surface area (Å²) in [7, 11) is 0. The maximum Gasteiger partial charge on any atom is 0.0894 e.